The van der Waals surface area contributed by atoms with Crippen LogP contribution in [0.1, 0.15) is 26.2 Å². The van der Waals surface area contributed by atoms with Crippen LogP contribution >= 0.6 is 0 Å². The molecule has 0 radical (unpaired) electrons. The van der Waals surface area contributed by atoms with Crippen LogP contribution in [-0.4, -0.2) is 87.1 Å². The van der Waals surface area contributed by atoms with Gasteiger partial charge in [0.05, 0.1) is 12.7 Å². The van der Waals surface area contributed by atoms with Crippen LogP contribution in [0.2, 0.25) is 0 Å². The minimum Gasteiger partial charge on any atom is -0.392 e. The summed E-state index contributed by atoms with van der Waals surface area (Å²) in [6.45, 7) is 8.92. The molecule has 2 N–H and O–H groups in total. The van der Waals surface area contributed by atoms with Crippen LogP contribution in [0.25, 0.3) is 0 Å². The number of likely N-dealkylation sites (N-methyl/N-ethyl adjacent to an activating group) is 1. The molecular weight excluding hydrogens is 266 g/mol. The Hall–Kier alpha value is -0.200. The Labute approximate surface area is 129 Å². The van der Waals surface area contributed by atoms with Gasteiger partial charge in [0.25, 0.3) is 0 Å². The highest BCUT2D eigenvalue weighted by molar-refractivity contribution is 4.94. The summed E-state index contributed by atoms with van der Waals surface area (Å²) in [5.41, 5.74) is 0.226. The zero-order valence-corrected chi connectivity index (χ0v) is 14.0. The number of rotatable bonds is 8. The van der Waals surface area contributed by atoms with Gasteiger partial charge in [-0.1, -0.05) is 6.92 Å². The van der Waals surface area contributed by atoms with Crippen molar-refractivity contribution in [3.63, 3.8) is 0 Å². The predicted molar refractivity (Wildman–Crippen MR) is 85.6 cm³/mol. The highest BCUT2D eigenvalue weighted by Gasteiger charge is 2.41. The Bertz CT molecular complexity index is 306. The molecule has 0 bridgehead atoms. The molecule has 0 spiro atoms. The first-order valence-electron chi connectivity index (χ1n) is 8.40. The van der Waals surface area contributed by atoms with Crippen molar-refractivity contribution in [3.05, 3.63) is 0 Å². The Morgan fingerprint density at radius 1 is 1.43 bits per heavy atom. The van der Waals surface area contributed by atoms with Gasteiger partial charge in [0.2, 0.25) is 0 Å². The van der Waals surface area contributed by atoms with Crippen LogP contribution in [0.3, 0.4) is 0 Å². The fraction of sp³-hybridized carbons (Fsp3) is 1.00. The molecule has 5 nitrogen and oxygen atoms in total. The number of hydrogen-bond donors (Lipinski definition) is 2. The van der Waals surface area contributed by atoms with Gasteiger partial charge in [-0.2, -0.15) is 0 Å². The molecule has 0 aromatic carbocycles. The van der Waals surface area contributed by atoms with Crippen molar-refractivity contribution in [1.82, 2.24) is 15.1 Å². The van der Waals surface area contributed by atoms with E-state index in [4.69, 9.17) is 4.74 Å². The number of nitrogens with zero attached hydrogens (tertiary/aromatic N) is 2. The van der Waals surface area contributed by atoms with E-state index in [1.54, 1.807) is 0 Å². The first-order chi connectivity index (χ1) is 10.0. The van der Waals surface area contributed by atoms with Crippen LogP contribution in [0.4, 0.5) is 0 Å². The van der Waals surface area contributed by atoms with Gasteiger partial charge in [0.1, 0.15) is 0 Å². The quantitative estimate of drug-likeness (QED) is 0.635. The first-order valence-corrected chi connectivity index (χ1v) is 8.40. The Kier molecular flexibility index (Phi) is 6.44. The molecule has 0 aromatic heterocycles. The molecule has 2 heterocycles. The van der Waals surface area contributed by atoms with Crippen molar-refractivity contribution < 1.29 is 9.84 Å². The summed E-state index contributed by atoms with van der Waals surface area (Å²) in [5, 5.41) is 13.6. The maximum absolute atomic E-state index is 10.0. The molecule has 124 valence electrons. The zero-order valence-electron chi connectivity index (χ0n) is 14.0. The summed E-state index contributed by atoms with van der Waals surface area (Å²) in [4.78, 5) is 4.72. The van der Waals surface area contributed by atoms with E-state index in [2.05, 4.69) is 36.1 Å². The molecule has 2 fully saturated rings. The third-order valence-electron chi connectivity index (χ3n) is 4.73. The molecule has 2 rings (SSSR count). The van der Waals surface area contributed by atoms with Crippen LogP contribution in [0.15, 0.2) is 0 Å². The standard InChI is InChI=1S/C16H33N3O2/c1-4-6-17-11-16(5-7-21-13-16)12-19-10-15(20)8-14(19)9-18(2)3/h14-15,17,20H,4-13H2,1-3H3. The summed E-state index contributed by atoms with van der Waals surface area (Å²) in [7, 11) is 4.22. The van der Waals surface area contributed by atoms with Gasteiger partial charge in [0.15, 0.2) is 0 Å². The molecule has 0 saturated carbocycles. The molecular formula is C16H33N3O2. The van der Waals surface area contributed by atoms with Crippen molar-refractivity contribution in [2.75, 3.05) is 60.0 Å². The second-order valence-corrected chi connectivity index (χ2v) is 7.21. The highest BCUT2D eigenvalue weighted by atomic mass is 16.5. The topological polar surface area (TPSA) is 48.0 Å². The Morgan fingerprint density at radius 2 is 2.24 bits per heavy atom. The van der Waals surface area contributed by atoms with E-state index in [9.17, 15) is 5.11 Å². The van der Waals surface area contributed by atoms with Crippen molar-refractivity contribution in [1.29, 1.82) is 0 Å². The fourth-order valence-electron chi connectivity index (χ4n) is 3.69. The number of aliphatic hydroxyl groups is 1. The molecule has 3 unspecified atom stereocenters. The van der Waals surface area contributed by atoms with E-state index < -0.39 is 0 Å². The number of aliphatic hydroxyl groups excluding tert-OH is 1. The maximum atomic E-state index is 10.0. The van der Waals surface area contributed by atoms with Crippen LogP contribution in [0, 0.1) is 5.41 Å². The molecule has 0 aliphatic carbocycles. The number of β-amino-alcohol motifs (C(OH)–C–C–N with tert-alkyl or cyclic N) is 1. The third kappa shape index (κ3) is 4.89. The van der Waals surface area contributed by atoms with Gasteiger partial charge in [0, 0.05) is 44.2 Å². The van der Waals surface area contributed by atoms with E-state index in [-0.39, 0.29) is 11.5 Å². The van der Waals surface area contributed by atoms with Gasteiger partial charge >= 0.3 is 0 Å². The molecule has 2 saturated heterocycles. The number of likely N-dealkylation sites (tertiary alicyclic amines) is 1. The van der Waals surface area contributed by atoms with Gasteiger partial charge in [-0.15, -0.1) is 0 Å². The number of hydrogen-bond acceptors (Lipinski definition) is 5. The lowest BCUT2D eigenvalue weighted by Crippen LogP contribution is -2.48. The van der Waals surface area contributed by atoms with E-state index in [0.29, 0.717) is 6.04 Å². The summed E-state index contributed by atoms with van der Waals surface area (Å²) >= 11 is 0. The lowest BCUT2D eigenvalue weighted by atomic mass is 9.86. The van der Waals surface area contributed by atoms with E-state index in [1.807, 2.05) is 0 Å². The number of nitrogens with one attached hydrogen (secondary N) is 1. The second-order valence-electron chi connectivity index (χ2n) is 7.21. The van der Waals surface area contributed by atoms with E-state index in [1.165, 1.54) is 6.42 Å². The average Bonchev–Trinajstić information content (AvgIpc) is 2.98. The van der Waals surface area contributed by atoms with Crippen molar-refractivity contribution >= 4 is 0 Å². The van der Waals surface area contributed by atoms with Crippen molar-refractivity contribution in [2.45, 2.75) is 38.3 Å². The smallest absolute Gasteiger partial charge is 0.0682 e. The average molecular weight is 299 g/mol. The summed E-state index contributed by atoms with van der Waals surface area (Å²) in [6.07, 6.45) is 3.03. The monoisotopic (exact) mass is 299 g/mol. The van der Waals surface area contributed by atoms with Gasteiger partial charge < -0.3 is 20.1 Å². The van der Waals surface area contributed by atoms with Crippen molar-refractivity contribution in [3.8, 4) is 0 Å². The number of ether oxygens (including phenoxy) is 1. The van der Waals surface area contributed by atoms with E-state index in [0.717, 1.165) is 58.8 Å². The normalized spacial score (nSPS) is 34.1. The molecule has 0 amide bonds. The van der Waals surface area contributed by atoms with Crippen molar-refractivity contribution in [2.24, 2.45) is 5.41 Å². The van der Waals surface area contributed by atoms with Crippen LogP contribution < -0.4 is 5.32 Å². The SMILES string of the molecule is CCCNCC1(CN2CC(O)CC2CN(C)C)CCOC1. The first kappa shape index (κ1) is 17.2. The molecule has 2 aliphatic heterocycles. The molecule has 0 aromatic rings. The Balaban J connectivity index is 1.94. The lowest BCUT2D eigenvalue weighted by Gasteiger charge is -2.36. The Morgan fingerprint density at radius 3 is 2.86 bits per heavy atom. The largest absolute Gasteiger partial charge is 0.392 e. The predicted octanol–water partition coefficient (Wildman–Crippen LogP) is 0.390. The summed E-state index contributed by atoms with van der Waals surface area (Å²) in [5.74, 6) is 0. The highest BCUT2D eigenvalue weighted by Crippen LogP contribution is 2.32. The third-order valence-corrected chi connectivity index (χ3v) is 4.73. The fourth-order valence-corrected chi connectivity index (χ4v) is 3.69. The summed E-state index contributed by atoms with van der Waals surface area (Å²) in [6, 6.07) is 0.471. The lowest BCUT2D eigenvalue weighted by molar-refractivity contribution is 0.0901. The molecule has 21 heavy (non-hydrogen) atoms. The zero-order chi connectivity index (χ0) is 15.3. The van der Waals surface area contributed by atoms with Gasteiger partial charge in [-0.25, -0.2) is 0 Å². The van der Waals surface area contributed by atoms with Gasteiger partial charge in [-0.3, -0.25) is 4.90 Å². The molecule has 2 aliphatic rings. The minimum atomic E-state index is -0.169. The summed E-state index contributed by atoms with van der Waals surface area (Å²) < 4.78 is 5.71. The maximum Gasteiger partial charge on any atom is 0.0682 e. The van der Waals surface area contributed by atoms with Crippen LogP contribution in [-0.2, 0) is 4.74 Å². The molecule has 3 atom stereocenters. The van der Waals surface area contributed by atoms with Crippen LogP contribution in [0.5, 0.6) is 0 Å². The molecule has 5 heteroatoms. The van der Waals surface area contributed by atoms with Gasteiger partial charge in [-0.05, 0) is 39.9 Å². The second kappa shape index (κ2) is 7.88. The van der Waals surface area contributed by atoms with E-state index >= 15 is 0 Å². The minimum absolute atomic E-state index is 0.169.